The summed E-state index contributed by atoms with van der Waals surface area (Å²) in [6.45, 7) is 5.86. The van der Waals surface area contributed by atoms with Crippen molar-refractivity contribution in [1.29, 1.82) is 0 Å². The van der Waals surface area contributed by atoms with Gasteiger partial charge in [-0.25, -0.2) is 0 Å². The van der Waals surface area contributed by atoms with Crippen molar-refractivity contribution in [2.24, 2.45) is 0 Å². The number of likely N-dealkylation sites (tertiary alicyclic amines) is 1. The molecule has 2 N–H and O–H groups in total. The molecule has 1 aromatic heterocycles. The molecule has 0 aliphatic carbocycles. The number of furan rings is 1. The van der Waals surface area contributed by atoms with Crippen LogP contribution >= 0.6 is 0 Å². The molecule has 3 unspecified atom stereocenters. The Bertz CT molecular complexity index is 393. The number of aliphatic hydroxyl groups is 2. The molecule has 0 aromatic carbocycles. The highest BCUT2D eigenvalue weighted by Crippen LogP contribution is 2.27. The molecule has 0 spiro atoms. The molecule has 21 heavy (non-hydrogen) atoms. The zero-order chi connectivity index (χ0) is 15.2. The molecule has 1 saturated heterocycles. The van der Waals surface area contributed by atoms with Gasteiger partial charge in [-0.2, -0.15) is 0 Å². The average Bonchev–Trinajstić information content (AvgIpc) is 3.08. The van der Waals surface area contributed by atoms with Crippen LogP contribution < -0.4 is 0 Å². The zero-order valence-corrected chi connectivity index (χ0v) is 12.9. The molecule has 0 bridgehead atoms. The number of rotatable bonds is 8. The fourth-order valence-electron chi connectivity index (χ4n) is 2.88. The van der Waals surface area contributed by atoms with Crippen LogP contribution in [0.2, 0.25) is 0 Å². The van der Waals surface area contributed by atoms with Crippen molar-refractivity contribution >= 4 is 0 Å². The molecule has 3 atom stereocenters. The lowest BCUT2D eigenvalue weighted by Gasteiger charge is -2.28. The summed E-state index contributed by atoms with van der Waals surface area (Å²) in [7, 11) is 0. The predicted octanol–water partition coefficient (Wildman–Crippen LogP) is 1.95. The van der Waals surface area contributed by atoms with E-state index in [1.807, 2.05) is 13.8 Å². The molecule has 2 heterocycles. The second kappa shape index (κ2) is 7.94. The number of ether oxygens (including phenoxy) is 1. The van der Waals surface area contributed by atoms with Crippen LogP contribution in [-0.4, -0.2) is 53.1 Å². The summed E-state index contributed by atoms with van der Waals surface area (Å²) < 4.78 is 10.7. The first kappa shape index (κ1) is 16.5. The Kier molecular flexibility index (Phi) is 6.23. The van der Waals surface area contributed by atoms with Gasteiger partial charge in [0.1, 0.15) is 11.9 Å². The minimum Gasteiger partial charge on any atom is -0.467 e. The Morgan fingerprint density at radius 1 is 1.43 bits per heavy atom. The molecule has 2 rings (SSSR count). The van der Waals surface area contributed by atoms with Crippen molar-refractivity contribution in [2.45, 2.75) is 57.5 Å². The topological polar surface area (TPSA) is 66.1 Å². The second-order valence-electron chi connectivity index (χ2n) is 6.09. The van der Waals surface area contributed by atoms with E-state index in [0.29, 0.717) is 31.4 Å². The van der Waals surface area contributed by atoms with Crippen LogP contribution in [0.1, 0.15) is 45.0 Å². The summed E-state index contributed by atoms with van der Waals surface area (Å²) >= 11 is 0. The average molecular weight is 297 g/mol. The molecule has 5 heteroatoms. The quantitative estimate of drug-likeness (QED) is 0.768. The minimum absolute atomic E-state index is 0.134. The lowest BCUT2D eigenvalue weighted by molar-refractivity contribution is -0.0130. The van der Waals surface area contributed by atoms with E-state index in [4.69, 9.17) is 9.15 Å². The van der Waals surface area contributed by atoms with E-state index in [-0.39, 0.29) is 6.10 Å². The predicted molar refractivity (Wildman–Crippen MR) is 80.0 cm³/mol. The van der Waals surface area contributed by atoms with Crippen molar-refractivity contribution in [2.75, 3.05) is 19.7 Å². The summed E-state index contributed by atoms with van der Waals surface area (Å²) in [6, 6.07) is 3.88. The lowest BCUT2D eigenvalue weighted by atomic mass is 10.0. The molecule has 0 saturated carbocycles. The smallest absolute Gasteiger partial charge is 0.132 e. The number of β-amino-alcohol motifs (C(OH)–C–C–N with tert-alkyl or cyclic N) is 1. The van der Waals surface area contributed by atoms with E-state index < -0.39 is 12.2 Å². The maximum Gasteiger partial charge on any atom is 0.132 e. The molecule has 1 fully saturated rings. The number of aliphatic hydroxyl groups excluding tert-OH is 2. The minimum atomic E-state index is -0.574. The van der Waals surface area contributed by atoms with Crippen molar-refractivity contribution in [3.63, 3.8) is 0 Å². The summed E-state index contributed by atoms with van der Waals surface area (Å²) in [4.78, 5) is 2.25. The largest absolute Gasteiger partial charge is 0.467 e. The van der Waals surface area contributed by atoms with E-state index in [9.17, 15) is 10.2 Å². The van der Waals surface area contributed by atoms with Gasteiger partial charge in [0, 0.05) is 12.6 Å². The molecule has 1 aliphatic heterocycles. The third kappa shape index (κ3) is 5.11. The van der Waals surface area contributed by atoms with Crippen LogP contribution in [0.15, 0.2) is 22.8 Å². The van der Waals surface area contributed by atoms with Crippen LogP contribution in [0.3, 0.4) is 0 Å². The van der Waals surface area contributed by atoms with Gasteiger partial charge in [-0.3, -0.25) is 4.90 Å². The van der Waals surface area contributed by atoms with Gasteiger partial charge >= 0.3 is 0 Å². The molecular weight excluding hydrogens is 270 g/mol. The highest BCUT2D eigenvalue weighted by atomic mass is 16.5. The summed E-state index contributed by atoms with van der Waals surface area (Å²) in [5.74, 6) is 0.616. The molecule has 120 valence electrons. The van der Waals surface area contributed by atoms with Gasteiger partial charge in [-0.15, -0.1) is 0 Å². The summed E-state index contributed by atoms with van der Waals surface area (Å²) in [6.07, 6.45) is 3.46. The third-order valence-electron chi connectivity index (χ3n) is 3.93. The Morgan fingerprint density at radius 3 is 2.90 bits per heavy atom. The van der Waals surface area contributed by atoms with Gasteiger partial charge in [0.2, 0.25) is 0 Å². The van der Waals surface area contributed by atoms with E-state index in [2.05, 4.69) is 4.90 Å². The fourth-order valence-corrected chi connectivity index (χ4v) is 2.88. The van der Waals surface area contributed by atoms with Gasteiger partial charge < -0.3 is 19.4 Å². The lowest BCUT2D eigenvalue weighted by Crippen LogP contribution is -2.39. The van der Waals surface area contributed by atoms with E-state index in [0.717, 1.165) is 19.4 Å². The Balaban J connectivity index is 1.80. The molecule has 0 radical (unpaired) electrons. The number of hydrogen-bond acceptors (Lipinski definition) is 5. The van der Waals surface area contributed by atoms with Gasteiger partial charge in [0.15, 0.2) is 0 Å². The normalized spacial score (nSPS) is 22.8. The molecular formula is C16H27NO4. The van der Waals surface area contributed by atoms with Crippen molar-refractivity contribution in [1.82, 2.24) is 4.90 Å². The first-order valence-corrected chi connectivity index (χ1v) is 7.81. The van der Waals surface area contributed by atoms with Crippen molar-refractivity contribution < 1.29 is 19.4 Å². The second-order valence-corrected chi connectivity index (χ2v) is 6.09. The molecule has 1 aromatic rings. The van der Waals surface area contributed by atoms with Crippen molar-refractivity contribution in [3.8, 4) is 0 Å². The fraction of sp³-hybridized carbons (Fsp3) is 0.750. The van der Waals surface area contributed by atoms with Gasteiger partial charge in [0.25, 0.3) is 0 Å². The Morgan fingerprint density at radius 2 is 2.24 bits per heavy atom. The first-order valence-electron chi connectivity index (χ1n) is 7.81. The van der Waals surface area contributed by atoms with Gasteiger partial charge in [0.05, 0.1) is 25.1 Å². The molecule has 0 amide bonds. The summed E-state index contributed by atoms with van der Waals surface area (Å²) in [5, 5.41) is 20.2. The first-order chi connectivity index (χ1) is 10.1. The molecule has 1 aliphatic rings. The maximum atomic E-state index is 10.2. The Hall–Kier alpha value is -0.880. The maximum absolute atomic E-state index is 10.2. The number of hydrogen-bond donors (Lipinski definition) is 2. The SMILES string of the molecule is CC(C)OCC(O)CN1CCCC1CC(O)c1ccco1. The van der Waals surface area contributed by atoms with Crippen LogP contribution in [0.5, 0.6) is 0 Å². The van der Waals surface area contributed by atoms with E-state index in [1.54, 1.807) is 18.4 Å². The Labute approximate surface area is 126 Å². The van der Waals surface area contributed by atoms with E-state index >= 15 is 0 Å². The van der Waals surface area contributed by atoms with Crippen LogP contribution in [0, 0.1) is 0 Å². The standard InChI is InChI=1S/C16H27NO4/c1-12(2)21-11-14(18)10-17-7-3-5-13(17)9-15(19)16-6-4-8-20-16/h4,6,8,12-15,18-19H,3,5,7,9-11H2,1-2H3. The van der Waals surface area contributed by atoms with E-state index in [1.165, 1.54) is 0 Å². The van der Waals surface area contributed by atoms with Crippen LogP contribution in [0.4, 0.5) is 0 Å². The monoisotopic (exact) mass is 297 g/mol. The third-order valence-corrected chi connectivity index (χ3v) is 3.93. The zero-order valence-electron chi connectivity index (χ0n) is 12.9. The highest BCUT2D eigenvalue weighted by Gasteiger charge is 2.29. The van der Waals surface area contributed by atoms with Crippen LogP contribution in [0.25, 0.3) is 0 Å². The highest BCUT2D eigenvalue weighted by molar-refractivity contribution is 5.02. The number of nitrogens with zero attached hydrogens (tertiary/aromatic N) is 1. The van der Waals surface area contributed by atoms with Gasteiger partial charge in [-0.05, 0) is 51.8 Å². The van der Waals surface area contributed by atoms with Gasteiger partial charge in [-0.1, -0.05) is 0 Å². The van der Waals surface area contributed by atoms with Crippen molar-refractivity contribution in [3.05, 3.63) is 24.2 Å². The van der Waals surface area contributed by atoms with Crippen LogP contribution in [-0.2, 0) is 4.74 Å². The summed E-state index contributed by atoms with van der Waals surface area (Å²) in [5.41, 5.74) is 0. The molecule has 5 nitrogen and oxygen atoms in total.